The molecule has 148 valence electrons. The molecule has 3 aromatic carbocycles. The van der Waals surface area contributed by atoms with Crippen molar-refractivity contribution in [1.82, 2.24) is 4.57 Å². The lowest BCUT2D eigenvalue weighted by molar-refractivity contribution is 0.0695. The monoisotopic (exact) mass is 395 g/mol. The lowest BCUT2D eigenvalue weighted by Crippen LogP contribution is -2.17. The van der Waals surface area contributed by atoms with Crippen molar-refractivity contribution in [3.63, 3.8) is 0 Å². The molecule has 0 aliphatic heterocycles. The van der Waals surface area contributed by atoms with Gasteiger partial charge in [0.25, 0.3) is 5.56 Å². The van der Waals surface area contributed by atoms with Gasteiger partial charge in [0, 0.05) is 17.1 Å². The SMILES string of the molecule is O=C(O)c1cc(C2CC2)ccc1Cc1cccc2c1ccc(=O)n2-c1ccccc1. The quantitative estimate of drug-likeness (QED) is 0.508. The van der Waals surface area contributed by atoms with Crippen molar-refractivity contribution in [2.45, 2.75) is 25.2 Å². The van der Waals surface area contributed by atoms with Crippen molar-refractivity contribution in [2.24, 2.45) is 0 Å². The van der Waals surface area contributed by atoms with E-state index in [1.165, 1.54) is 0 Å². The van der Waals surface area contributed by atoms with Gasteiger partial charge in [0.05, 0.1) is 11.1 Å². The number of pyridine rings is 1. The van der Waals surface area contributed by atoms with E-state index in [2.05, 4.69) is 6.07 Å². The van der Waals surface area contributed by atoms with Crippen LogP contribution in [0.15, 0.2) is 83.7 Å². The van der Waals surface area contributed by atoms with E-state index in [1.807, 2.05) is 66.7 Å². The molecule has 1 aromatic heterocycles. The highest BCUT2D eigenvalue weighted by Gasteiger charge is 2.25. The van der Waals surface area contributed by atoms with Crippen LogP contribution in [0.4, 0.5) is 0 Å². The van der Waals surface area contributed by atoms with E-state index in [9.17, 15) is 14.7 Å². The highest BCUT2D eigenvalue weighted by atomic mass is 16.4. The van der Waals surface area contributed by atoms with Gasteiger partial charge in [-0.3, -0.25) is 9.36 Å². The van der Waals surface area contributed by atoms with E-state index < -0.39 is 5.97 Å². The van der Waals surface area contributed by atoms with E-state index in [1.54, 1.807) is 10.6 Å². The van der Waals surface area contributed by atoms with Gasteiger partial charge in [0.1, 0.15) is 0 Å². The van der Waals surface area contributed by atoms with Crippen molar-refractivity contribution >= 4 is 16.9 Å². The second-order valence-electron chi connectivity index (χ2n) is 7.87. The van der Waals surface area contributed by atoms with Crippen LogP contribution in [0.25, 0.3) is 16.6 Å². The van der Waals surface area contributed by atoms with Gasteiger partial charge in [-0.2, -0.15) is 0 Å². The average molecular weight is 395 g/mol. The van der Waals surface area contributed by atoms with E-state index in [-0.39, 0.29) is 5.56 Å². The van der Waals surface area contributed by atoms with Crippen LogP contribution in [0.1, 0.15) is 45.8 Å². The zero-order chi connectivity index (χ0) is 20.7. The summed E-state index contributed by atoms with van der Waals surface area (Å²) >= 11 is 0. The van der Waals surface area contributed by atoms with E-state index >= 15 is 0 Å². The van der Waals surface area contributed by atoms with E-state index in [0.717, 1.165) is 46.1 Å². The summed E-state index contributed by atoms with van der Waals surface area (Å²) in [5, 5.41) is 10.7. The highest BCUT2D eigenvalue weighted by Crippen LogP contribution is 2.40. The van der Waals surface area contributed by atoms with Gasteiger partial charge in [-0.1, -0.05) is 42.5 Å². The Morgan fingerprint density at radius 2 is 1.70 bits per heavy atom. The van der Waals surface area contributed by atoms with Crippen molar-refractivity contribution in [3.05, 3.63) is 111 Å². The Labute approximate surface area is 174 Å². The fraction of sp³-hybridized carbons (Fsp3) is 0.154. The normalized spacial score (nSPS) is 13.5. The molecule has 0 atom stereocenters. The Balaban J connectivity index is 1.63. The highest BCUT2D eigenvalue weighted by molar-refractivity contribution is 5.90. The number of aromatic nitrogens is 1. The van der Waals surface area contributed by atoms with Crippen LogP contribution in [0.5, 0.6) is 0 Å². The Morgan fingerprint density at radius 3 is 2.43 bits per heavy atom. The molecule has 0 spiro atoms. The molecule has 0 amide bonds. The topological polar surface area (TPSA) is 59.3 Å². The first-order chi connectivity index (χ1) is 14.6. The van der Waals surface area contributed by atoms with Crippen LogP contribution in [-0.2, 0) is 6.42 Å². The first-order valence-corrected chi connectivity index (χ1v) is 10.2. The van der Waals surface area contributed by atoms with Gasteiger partial charge in [-0.15, -0.1) is 0 Å². The smallest absolute Gasteiger partial charge is 0.335 e. The predicted molar refractivity (Wildman–Crippen MR) is 118 cm³/mol. The first-order valence-electron chi connectivity index (χ1n) is 10.2. The third kappa shape index (κ3) is 3.30. The molecule has 5 rings (SSSR count). The molecule has 1 aliphatic rings. The zero-order valence-corrected chi connectivity index (χ0v) is 16.4. The van der Waals surface area contributed by atoms with E-state index in [0.29, 0.717) is 17.9 Å². The maximum absolute atomic E-state index is 12.6. The second kappa shape index (κ2) is 7.30. The summed E-state index contributed by atoms with van der Waals surface area (Å²) in [6.45, 7) is 0. The largest absolute Gasteiger partial charge is 0.478 e. The molecule has 1 saturated carbocycles. The summed E-state index contributed by atoms with van der Waals surface area (Å²) in [6.07, 6.45) is 2.77. The van der Waals surface area contributed by atoms with Gasteiger partial charge in [-0.25, -0.2) is 4.79 Å². The molecule has 0 radical (unpaired) electrons. The Bertz CT molecular complexity index is 1320. The summed E-state index contributed by atoms with van der Waals surface area (Å²) in [7, 11) is 0. The molecule has 30 heavy (non-hydrogen) atoms. The number of carboxylic acid groups (broad SMARTS) is 1. The van der Waals surface area contributed by atoms with E-state index in [4.69, 9.17) is 0 Å². The number of fused-ring (bicyclic) bond motifs is 1. The molecular formula is C26H21NO3. The van der Waals surface area contributed by atoms with Crippen LogP contribution >= 0.6 is 0 Å². The fourth-order valence-electron chi connectivity index (χ4n) is 4.16. The van der Waals surface area contributed by atoms with Crippen LogP contribution in [0.2, 0.25) is 0 Å². The molecule has 4 heteroatoms. The fourth-order valence-corrected chi connectivity index (χ4v) is 4.16. The molecule has 1 aliphatic carbocycles. The Kier molecular flexibility index (Phi) is 4.47. The van der Waals surface area contributed by atoms with Crippen molar-refractivity contribution < 1.29 is 9.90 Å². The van der Waals surface area contributed by atoms with Crippen LogP contribution in [-0.4, -0.2) is 15.6 Å². The number of hydrogen-bond donors (Lipinski definition) is 1. The third-order valence-electron chi connectivity index (χ3n) is 5.84. The maximum atomic E-state index is 12.6. The predicted octanol–water partition coefficient (Wildman–Crippen LogP) is 5.16. The minimum absolute atomic E-state index is 0.0918. The molecule has 4 nitrogen and oxygen atoms in total. The standard InChI is InChI=1S/C26H21NO3/c28-25-14-13-22-19(5-4-8-24(22)27(25)21-6-2-1-3-7-21)15-20-12-11-18(17-9-10-17)16-23(20)26(29)30/h1-8,11-14,16-17H,9-10,15H2,(H,29,30). The zero-order valence-electron chi connectivity index (χ0n) is 16.4. The maximum Gasteiger partial charge on any atom is 0.335 e. The molecule has 1 heterocycles. The number of carboxylic acids is 1. The summed E-state index contributed by atoms with van der Waals surface area (Å²) in [5.74, 6) is -0.385. The number of rotatable bonds is 5. The number of aromatic carboxylic acids is 1. The van der Waals surface area contributed by atoms with Crippen LogP contribution in [0.3, 0.4) is 0 Å². The summed E-state index contributed by atoms with van der Waals surface area (Å²) < 4.78 is 1.70. The van der Waals surface area contributed by atoms with Gasteiger partial charge in [-0.05, 0) is 72.2 Å². The molecule has 0 unspecified atom stereocenters. The first kappa shape index (κ1) is 18.4. The molecule has 0 saturated heterocycles. The lowest BCUT2D eigenvalue weighted by Gasteiger charge is -2.14. The number of hydrogen-bond acceptors (Lipinski definition) is 2. The summed E-state index contributed by atoms with van der Waals surface area (Å²) in [4.78, 5) is 24.5. The molecule has 1 N–H and O–H groups in total. The minimum Gasteiger partial charge on any atom is -0.478 e. The van der Waals surface area contributed by atoms with Crippen molar-refractivity contribution in [2.75, 3.05) is 0 Å². The molecule has 0 bridgehead atoms. The summed E-state index contributed by atoms with van der Waals surface area (Å²) in [5.41, 5.74) is 4.81. The molecule has 4 aromatic rings. The number of para-hydroxylation sites is 1. The van der Waals surface area contributed by atoms with Gasteiger partial charge in [0.2, 0.25) is 0 Å². The number of nitrogens with zero attached hydrogens (tertiary/aromatic N) is 1. The van der Waals surface area contributed by atoms with Gasteiger partial charge >= 0.3 is 5.97 Å². The number of carbonyl (C=O) groups is 1. The molecular weight excluding hydrogens is 374 g/mol. The second-order valence-corrected chi connectivity index (χ2v) is 7.87. The third-order valence-corrected chi connectivity index (χ3v) is 5.84. The Morgan fingerprint density at radius 1 is 0.900 bits per heavy atom. The number of benzene rings is 3. The Hall–Kier alpha value is -3.66. The molecule has 1 fully saturated rings. The summed E-state index contributed by atoms with van der Waals surface area (Å²) in [6, 6.07) is 24.7. The van der Waals surface area contributed by atoms with Gasteiger partial charge < -0.3 is 5.11 Å². The lowest BCUT2D eigenvalue weighted by atomic mass is 9.94. The van der Waals surface area contributed by atoms with Gasteiger partial charge in [0.15, 0.2) is 0 Å². The van der Waals surface area contributed by atoms with Crippen molar-refractivity contribution in [3.8, 4) is 5.69 Å². The van der Waals surface area contributed by atoms with Crippen LogP contribution < -0.4 is 5.56 Å². The van der Waals surface area contributed by atoms with Crippen molar-refractivity contribution in [1.29, 1.82) is 0 Å². The average Bonchev–Trinajstić information content (AvgIpc) is 3.60. The minimum atomic E-state index is -0.895. The van der Waals surface area contributed by atoms with Crippen LogP contribution in [0, 0.1) is 0 Å².